The zero-order chi connectivity index (χ0) is 15.6. The van der Waals surface area contributed by atoms with Gasteiger partial charge in [-0.25, -0.2) is 4.39 Å². The van der Waals surface area contributed by atoms with Crippen LogP contribution in [0.3, 0.4) is 0 Å². The average molecular weight is 295 g/mol. The van der Waals surface area contributed by atoms with Crippen LogP contribution in [-0.4, -0.2) is 41.1 Å². The second-order valence-electron chi connectivity index (χ2n) is 5.65. The number of nitrogens with two attached hydrogens (primary N) is 1. The number of likely N-dealkylation sites (tertiary alicyclic amines) is 1. The molecule has 3 unspecified atom stereocenters. The molecule has 116 valence electrons. The van der Waals surface area contributed by atoms with Gasteiger partial charge in [0.05, 0.1) is 24.0 Å². The van der Waals surface area contributed by atoms with E-state index in [0.29, 0.717) is 11.6 Å². The Morgan fingerprint density at radius 3 is 2.95 bits per heavy atom. The van der Waals surface area contributed by atoms with Gasteiger partial charge in [-0.3, -0.25) is 9.69 Å². The van der Waals surface area contributed by atoms with E-state index in [2.05, 4.69) is 12.2 Å². The minimum atomic E-state index is -0.438. The van der Waals surface area contributed by atoms with Gasteiger partial charge in [0.25, 0.3) is 0 Å². The fourth-order valence-corrected chi connectivity index (χ4v) is 2.84. The molecular weight excluding hydrogens is 273 g/mol. The maximum absolute atomic E-state index is 13.0. The van der Waals surface area contributed by atoms with Gasteiger partial charge in [0.2, 0.25) is 5.91 Å². The molecule has 6 heteroatoms. The first-order chi connectivity index (χ1) is 9.93. The van der Waals surface area contributed by atoms with Gasteiger partial charge in [0.15, 0.2) is 0 Å². The van der Waals surface area contributed by atoms with E-state index < -0.39 is 5.82 Å². The molecule has 1 aromatic rings. The number of rotatable bonds is 4. The molecule has 3 atom stereocenters. The molecule has 0 radical (unpaired) electrons. The molecule has 0 bridgehead atoms. The lowest BCUT2D eigenvalue weighted by molar-refractivity contribution is -0.121. The average Bonchev–Trinajstić information content (AvgIpc) is 2.81. The number of carbonyl (C=O) groups is 1. The van der Waals surface area contributed by atoms with Crippen LogP contribution in [0.4, 0.5) is 15.8 Å². The molecule has 21 heavy (non-hydrogen) atoms. The van der Waals surface area contributed by atoms with Crippen LogP contribution >= 0.6 is 0 Å². The monoisotopic (exact) mass is 295 g/mol. The van der Waals surface area contributed by atoms with E-state index in [9.17, 15) is 14.3 Å². The van der Waals surface area contributed by atoms with Crippen LogP contribution < -0.4 is 11.1 Å². The topological polar surface area (TPSA) is 78.6 Å². The van der Waals surface area contributed by atoms with Crippen molar-refractivity contribution < 1.29 is 14.3 Å². The molecule has 0 saturated carbocycles. The van der Waals surface area contributed by atoms with Crippen LogP contribution in [0.1, 0.15) is 20.3 Å². The van der Waals surface area contributed by atoms with Crippen LogP contribution in [0.2, 0.25) is 0 Å². The molecule has 1 amide bonds. The summed E-state index contributed by atoms with van der Waals surface area (Å²) in [5.41, 5.74) is 6.29. The number of nitrogen functional groups attached to an aromatic ring is 1. The Morgan fingerprint density at radius 2 is 2.33 bits per heavy atom. The minimum Gasteiger partial charge on any atom is -0.397 e. The molecular formula is C15H22FN3O2. The maximum Gasteiger partial charge on any atom is 0.241 e. The highest BCUT2D eigenvalue weighted by Crippen LogP contribution is 2.26. The van der Waals surface area contributed by atoms with Gasteiger partial charge in [-0.15, -0.1) is 0 Å². The van der Waals surface area contributed by atoms with E-state index in [1.165, 1.54) is 18.2 Å². The standard InChI is InChI=1S/C15H22FN3O2/c1-9-5-6-19(14(9)8-20)10(2)15(21)18-13-4-3-11(16)7-12(13)17/h3-4,7,9-10,14,20H,5-6,8,17H2,1-2H3,(H,18,21). The Kier molecular flexibility index (Phi) is 4.80. The lowest BCUT2D eigenvalue weighted by Gasteiger charge is -2.30. The maximum atomic E-state index is 13.0. The Hall–Kier alpha value is -1.66. The number of aliphatic hydroxyl groups is 1. The highest BCUT2D eigenvalue weighted by atomic mass is 19.1. The number of carbonyl (C=O) groups excluding carboxylic acids is 1. The van der Waals surface area contributed by atoms with Crippen LogP contribution in [0.5, 0.6) is 0 Å². The highest BCUT2D eigenvalue weighted by Gasteiger charge is 2.36. The van der Waals surface area contributed by atoms with Crippen molar-refractivity contribution in [2.75, 3.05) is 24.2 Å². The molecule has 1 aliphatic rings. The van der Waals surface area contributed by atoms with Gasteiger partial charge >= 0.3 is 0 Å². The molecule has 1 saturated heterocycles. The third kappa shape index (κ3) is 3.33. The molecule has 0 aromatic heterocycles. The number of anilines is 2. The number of aliphatic hydroxyl groups excluding tert-OH is 1. The Balaban J connectivity index is 2.06. The first-order valence-corrected chi connectivity index (χ1v) is 7.16. The van der Waals surface area contributed by atoms with E-state index in [1.807, 2.05) is 4.90 Å². The van der Waals surface area contributed by atoms with Crippen molar-refractivity contribution in [3.05, 3.63) is 24.0 Å². The van der Waals surface area contributed by atoms with Crippen LogP contribution in [-0.2, 0) is 4.79 Å². The highest BCUT2D eigenvalue weighted by molar-refractivity contribution is 5.97. The summed E-state index contributed by atoms with van der Waals surface area (Å²) in [5, 5.41) is 12.2. The molecule has 5 nitrogen and oxygen atoms in total. The third-order valence-electron chi connectivity index (χ3n) is 4.26. The summed E-state index contributed by atoms with van der Waals surface area (Å²) in [7, 11) is 0. The number of hydrogen-bond acceptors (Lipinski definition) is 4. The summed E-state index contributed by atoms with van der Waals surface area (Å²) in [4.78, 5) is 14.3. The summed E-state index contributed by atoms with van der Waals surface area (Å²) >= 11 is 0. The lowest BCUT2D eigenvalue weighted by Crippen LogP contribution is -2.47. The smallest absolute Gasteiger partial charge is 0.241 e. The Labute approximate surface area is 123 Å². The van der Waals surface area contributed by atoms with Gasteiger partial charge in [-0.05, 0) is 44.0 Å². The molecule has 4 N–H and O–H groups in total. The quantitative estimate of drug-likeness (QED) is 0.734. The number of benzene rings is 1. The van der Waals surface area contributed by atoms with Crippen molar-refractivity contribution >= 4 is 17.3 Å². The number of halogens is 1. The second-order valence-corrected chi connectivity index (χ2v) is 5.65. The number of nitrogens with zero attached hydrogens (tertiary/aromatic N) is 1. The van der Waals surface area contributed by atoms with Gasteiger partial charge in [0, 0.05) is 6.04 Å². The van der Waals surface area contributed by atoms with Crippen LogP contribution in [0.15, 0.2) is 18.2 Å². The molecule has 2 rings (SSSR count). The van der Waals surface area contributed by atoms with Crippen LogP contribution in [0, 0.1) is 11.7 Å². The number of nitrogens with one attached hydrogen (secondary N) is 1. The zero-order valence-electron chi connectivity index (χ0n) is 12.3. The summed E-state index contributed by atoms with van der Waals surface area (Å²) in [6.45, 7) is 4.69. The SMILES string of the molecule is CC1CCN(C(C)C(=O)Nc2ccc(F)cc2N)C1CO. The fraction of sp³-hybridized carbons (Fsp3) is 0.533. The van der Waals surface area contributed by atoms with Crippen molar-refractivity contribution in [3.63, 3.8) is 0 Å². The van der Waals surface area contributed by atoms with E-state index >= 15 is 0 Å². The molecule has 0 spiro atoms. The predicted molar refractivity (Wildman–Crippen MR) is 80.3 cm³/mol. The van der Waals surface area contributed by atoms with Gasteiger partial charge < -0.3 is 16.2 Å². The summed E-state index contributed by atoms with van der Waals surface area (Å²) < 4.78 is 13.0. The zero-order valence-corrected chi connectivity index (χ0v) is 12.3. The first-order valence-electron chi connectivity index (χ1n) is 7.16. The number of hydrogen-bond donors (Lipinski definition) is 3. The van der Waals surface area contributed by atoms with Crippen molar-refractivity contribution in [2.45, 2.75) is 32.4 Å². The number of amides is 1. The normalized spacial score (nSPS) is 24.0. The van der Waals surface area contributed by atoms with Crippen molar-refractivity contribution in [3.8, 4) is 0 Å². The Bertz CT molecular complexity index is 524. The van der Waals surface area contributed by atoms with Gasteiger partial charge in [0.1, 0.15) is 5.82 Å². The molecule has 0 aliphatic carbocycles. The van der Waals surface area contributed by atoms with E-state index in [-0.39, 0.29) is 30.3 Å². The van der Waals surface area contributed by atoms with Crippen molar-refractivity contribution in [1.29, 1.82) is 0 Å². The fourth-order valence-electron chi connectivity index (χ4n) is 2.84. The molecule has 1 fully saturated rings. The first kappa shape index (κ1) is 15.7. The molecule has 1 aliphatic heterocycles. The largest absolute Gasteiger partial charge is 0.397 e. The summed E-state index contributed by atoms with van der Waals surface area (Å²) in [5.74, 6) is -0.283. The summed E-state index contributed by atoms with van der Waals surface area (Å²) in [6.07, 6.45) is 0.960. The van der Waals surface area contributed by atoms with Crippen LogP contribution in [0.25, 0.3) is 0 Å². The third-order valence-corrected chi connectivity index (χ3v) is 4.26. The molecule has 1 heterocycles. The van der Waals surface area contributed by atoms with Gasteiger partial charge in [-0.1, -0.05) is 6.92 Å². The van der Waals surface area contributed by atoms with E-state index in [0.717, 1.165) is 13.0 Å². The second kappa shape index (κ2) is 6.41. The lowest BCUT2D eigenvalue weighted by atomic mass is 10.0. The van der Waals surface area contributed by atoms with Gasteiger partial charge in [-0.2, -0.15) is 0 Å². The van der Waals surface area contributed by atoms with Crippen molar-refractivity contribution in [1.82, 2.24) is 4.90 Å². The molecule has 1 aromatic carbocycles. The van der Waals surface area contributed by atoms with E-state index in [4.69, 9.17) is 5.73 Å². The Morgan fingerprint density at radius 1 is 1.62 bits per heavy atom. The predicted octanol–water partition coefficient (Wildman–Crippen LogP) is 1.44. The van der Waals surface area contributed by atoms with E-state index in [1.54, 1.807) is 6.92 Å². The van der Waals surface area contributed by atoms with Crippen molar-refractivity contribution in [2.24, 2.45) is 5.92 Å². The minimum absolute atomic E-state index is 0.00341. The summed E-state index contributed by atoms with van der Waals surface area (Å²) in [6, 6.07) is 3.50.